The average molecular weight is 226 g/mol. The van der Waals surface area contributed by atoms with Gasteiger partial charge in [0.15, 0.2) is 0 Å². The van der Waals surface area contributed by atoms with Crippen LogP contribution in [0.1, 0.15) is 26.2 Å². The Morgan fingerprint density at radius 2 is 2.25 bits per heavy atom. The van der Waals surface area contributed by atoms with Gasteiger partial charge in [-0.15, -0.1) is 0 Å². The Labute approximate surface area is 95.1 Å². The largest absolute Gasteiger partial charge is 0.465 e. The Hall–Kier alpha value is -1.52. The normalized spacial score (nSPS) is 19.6. The van der Waals surface area contributed by atoms with Gasteiger partial charge in [-0.05, 0) is 26.2 Å². The molecule has 0 aromatic heterocycles. The van der Waals surface area contributed by atoms with Crippen molar-refractivity contribution in [2.24, 2.45) is 0 Å². The van der Waals surface area contributed by atoms with E-state index in [0.29, 0.717) is 25.1 Å². The predicted octanol–water partition coefficient (Wildman–Crippen LogP) is 1.21. The first kappa shape index (κ1) is 12.5. The van der Waals surface area contributed by atoms with Gasteiger partial charge in [0.1, 0.15) is 0 Å². The molecule has 1 aliphatic heterocycles. The van der Waals surface area contributed by atoms with E-state index in [1.165, 1.54) is 4.90 Å². The zero-order valence-electron chi connectivity index (χ0n) is 9.53. The molecule has 90 valence electrons. The monoisotopic (exact) mass is 226 g/mol. The van der Waals surface area contributed by atoms with E-state index in [0.717, 1.165) is 12.8 Å². The highest BCUT2D eigenvalue weighted by Crippen LogP contribution is 2.19. The van der Waals surface area contributed by atoms with Crippen LogP contribution in [0.2, 0.25) is 0 Å². The van der Waals surface area contributed by atoms with Gasteiger partial charge in [0.2, 0.25) is 5.91 Å². The molecule has 16 heavy (non-hydrogen) atoms. The van der Waals surface area contributed by atoms with Crippen LogP contribution in [0.5, 0.6) is 0 Å². The molecule has 1 heterocycles. The second-order valence-corrected chi connectivity index (χ2v) is 4.10. The van der Waals surface area contributed by atoms with E-state index < -0.39 is 6.09 Å². The molecular formula is C11H18N2O3. The average Bonchev–Trinajstić information content (AvgIpc) is 2.65. The summed E-state index contributed by atoms with van der Waals surface area (Å²) in [5.74, 6) is -0.167. The predicted molar refractivity (Wildman–Crippen MR) is 60.2 cm³/mol. The van der Waals surface area contributed by atoms with Crippen LogP contribution in [0.25, 0.3) is 0 Å². The molecule has 1 rings (SSSR count). The van der Waals surface area contributed by atoms with Crippen LogP contribution in [0.3, 0.4) is 0 Å². The third-order valence-electron chi connectivity index (χ3n) is 2.77. The lowest BCUT2D eigenvalue weighted by atomic mass is 10.1. The van der Waals surface area contributed by atoms with Gasteiger partial charge in [-0.2, -0.15) is 0 Å². The first-order valence-electron chi connectivity index (χ1n) is 5.45. The van der Waals surface area contributed by atoms with E-state index in [1.54, 1.807) is 6.92 Å². The molecule has 0 radical (unpaired) electrons. The van der Waals surface area contributed by atoms with Crippen molar-refractivity contribution in [1.82, 2.24) is 10.2 Å². The van der Waals surface area contributed by atoms with Gasteiger partial charge in [-0.3, -0.25) is 4.79 Å². The molecule has 1 saturated heterocycles. The Morgan fingerprint density at radius 3 is 2.81 bits per heavy atom. The Bertz CT molecular complexity index is 302. The van der Waals surface area contributed by atoms with Gasteiger partial charge in [0.05, 0.1) is 0 Å². The number of rotatable bonds is 4. The summed E-state index contributed by atoms with van der Waals surface area (Å²) >= 11 is 0. The zero-order chi connectivity index (χ0) is 12.1. The lowest BCUT2D eigenvalue weighted by Gasteiger charge is -2.21. The van der Waals surface area contributed by atoms with E-state index >= 15 is 0 Å². The third kappa shape index (κ3) is 3.25. The van der Waals surface area contributed by atoms with Crippen molar-refractivity contribution in [3.05, 3.63) is 12.2 Å². The minimum absolute atomic E-state index is 0.0444. The van der Waals surface area contributed by atoms with Crippen molar-refractivity contribution in [3.8, 4) is 0 Å². The van der Waals surface area contributed by atoms with Crippen LogP contribution in [0.4, 0.5) is 4.79 Å². The maximum atomic E-state index is 11.2. The molecule has 0 aromatic rings. The number of carbonyl (C=O) groups excluding carboxylic acids is 1. The fraction of sp³-hybridized carbons (Fsp3) is 0.636. The maximum absolute atomic E-state index is 11.2. The number of likely N-dealkylation sites (tertiary alicyclic amines) is 1. The highest BCUT2D eigenvalue weighted by atomic mass is 16.4. The van der Waals surface area contributed by atoms with Gasteiger partial charge in [0, 0.05) is 24.7 Å². The summed E-state index contributed by atoms with van der Waals surface area (Å²) in [6.07, 6.45) is 1.60. The lowest BCUT2D eigenvalue weighted by molar-refractivity contribution is -0.117. The second kappa shape index (κ2) is 5.53. The van der Waals surface area contributed by atoms with Crippen molar-refractivity contribution >= 4 is 12.0 Å². The molecule has 0 aliphatic carbocycles. The Morgan fingerprint density at radius 1 is 1.56 bits per heavy atom. The summed E-state index contributed by atoms with van der Waals surface area (Å²) in [6, 6.07) is 0.0444. The van der Waals surface area contributed by atoms with E-state index in [-0.39, 0.29) is 11.9 Å². The van der Waals surface area contributed by atoms with Crippen LogP contribution in [0.15, 0.2) is 12.2 Å². The number of nitrogens with zero attached hydrogens (tertiary/aromatic N) is 1. The minimum atomic E-state index is -0.867. The summed E-state index contributed by atoms with van der Waals surface area (Å²) in [7, 11) is 0. The smallest absolute Gasteiger partial charge is 0.407 e. The molecule has 2 amide bonds. The Kier molecular flexibility index (Phi) is 4.34. The van der Waals surface area contributed by atoms with E-state index in [4.69, 9.17) is 5.11 Å². The fourth-order valence-electron chi connectivity index (χ4n) is 1.89. The second-order valence-electron chi connectivity index (χ2n) is 4.10. The van der Waals surface area contributed by atoms with Crippen molar-refractivity contribution in [3.63, 3.8) is 0 Å². The molecule has 0 unspecified atom stereocenters. The molecule has 5 nitrogen and oxygen atoms in total. The topological polar surface area (TPSA) is 69.6 Å². The van der Waals surface area contributed by atoms with Crippen molar-refractivity contribution < 1.29 is 14.7 Å². The molecule has 2 N–H and O–H groups in total. The summed E-state index contributed by atoms with van der Waals surface area (Å²) in [4.78, 5) is 23.5. The van der Waals surface area contributed by atoms with Gasteiger partial charge in [-0.1, -0.05) is 6.58 Å². The Balaban J connectivity index is 2.30. The van der Waals surface area contributed by atoms with Gasteiger partial charge >= 0.3 is 6.09 Å². The zero-order valence-corrected chi connectivity index (χ0v) is 9.53. The molecule has 1 aliphatic rings. The number of carbonyl (C=O) groups is 2. The highest BCUT2D eigenvalue weighted by molar-refractivity contribution is 5.92. The summed E-state index contributed by atoms with van der Waals surface area (Å²) in [5.41, 5.74) is 0.474. The minimum Gasteiger partial charge on any atom is -0.465 e. The molecule has 0 saturated carbocycles. The quantitative estimate of drug-likeness (QED) is 0.708. The summed E-state index contributed by atoms with van der Waals surface area (Å²) < 4.78 is 0. The third-order valence-corrected chi connectivity index (χ3v) is 2.77. The van der Waals surface area contributed by atoms with E-state index in [9.17, 15) is 9.59 Å². The summed E-state index contributed by atoms with van der Waals surface area (Å²) in [6.45, 7) is 6.29. The number of nitrogens with one attached hydrogen (secondary N) is 1. The molecular weight excluding hydrogens is 208 g/mol. The number of hydrogen-bond donors (Lipinski definition) is 2. The summed E-state index contributed by atoms with van der Waals surface area (Å²) in [5, 5.41) is 11.6. The number of hydrogen-bond acceptors (Lipinski definition) is 2. The van der Waals surface area contributed by atoms with Gasteiger partial charge in [0.25, 0.3) is 0 Å². The molecule has 5 heteroatoms. The standard InChI is InChI=1S/C11H18N2O3/c1-8(2)10(14)12-6-5-9-4-3-7-13(9)11(15)16/h9H,1,3-7H2,2H3,(H,12,14)(H,15,16)/t9-/m0/s1. The molecule has 1 fully saturated rings. The van der Waals surface area contributed by atoms with Crippen molar-refractivity contribution in [1.29, 1.82) is 0 Å². The molecule has 0 aromatic carbocycles. The van der Waals surface area contributed by atoms with Gasteiger partial charge in [-0.25, -0.2) is 4.79 Å². The first-order valence-corrected chi connectivity index (χ1v) is 5.45. The maximum Gasteiger partial charge on any atom is 0.407 e. The molecule has 1 atom stereocenters. The van der Waals surface area contributed by atoms with Crippen molar-refractivity contribution in [2.75, 3.05) is 13.1 Å². The van der Waals surface area contributed by atoms with Crippen LogP contribution in [0, 0.1) is 0 Å². The van der Waals surface area contributed by atoms with E-state index in [2.05, 4.69) is 11.9 Å². The van der Waals surface area contributed by atoms with Crippen molar-refractivity contribution in [2.45, 2.75) is 32.2 Å². The molecule has 0 spiro atoms. The molecule has 0 bridgehead atoms. The van der Waals surface area contributed by atoms with Crippen LogP contribution in [-0.4, -0.2) is 41.1 Å². The fourth-order valence-corrected chi connectivity index (χ4v) is 1.89. The van der Waals surface area contributed by atoms with E-state index in [1.807, 2.05) is 0 Å². The van der Waals surface area contributed by atoms with Gasteiger partial charge < -0.3 is 15.3 Å². The number of carboxylic acid groups (broad SMARTS) is 1. The van der Waals surface area contributed by atoms with Crippen LogP contribution < -0.4 is 5.32 Å². The SMILES string of the molecule is C=C(C)C(=O)NCC[C@@H]1CCCN1C(=O)O. The number of amides is 2. The highest BCUT2D eigenvalue weighted by Gasteiger charge is 2.27. The van der Waals surface area contributed by atoms with Crippen LogP contribution >= 0.6 is 0 Å². The first-order chi connectivity index (χ1) is 7.52. The lowest BCUT2D eigenvalue weighted by Crippen LogP contribution is -2.37. The van der Waals surface area contributed by atoms with Crippen LogP contribution in [-0.2, 0) is 4.79 Å².